The van der Waals surface area contributed by atoms with Gasteiger partial charge in [-0.3, -0.25) is 4.79 Å². The van der Waals surface area contributed by atoms with Crippen LogP contribution < -0.4 is 4.74 Å². The average molecular weight is 227 g/mol. The van der Waals surface area contributed by atoms with Crippen LogP contribution in [0.2, 0.25) is 5.02 Å². The van der Waals surface area contributed by atoms with Crippen molar-refractivity contribution in [2.24, 2.45) is 0 Å². The Bertz CT molecular complexity index is 411. The predicted molar refractivity (Wildman–Crippen MR) is 59.4 cm³/mol. The smallest absolute Gasteiger partial charge is 0.161 e. The van der Waals surface area contributed by atoms with E-state index in [4.69, 9.17) is 16.3 Å². The van der Waals surface area contributed by atoms with E-state index in [1.807, 2.05) is 0 Å². The van der Waals surface area contributed by atoms with Crippen LogP contribution in [0.4, 0.5) is 0 Å². The number of ketones is 1. The Morgan fingerprint density at radius 2 is 2.20 bits per heavy atom. The van der Waals surface area contributed by atoms with Crippen molar-refractivity contribution in [1.82, 2.24) is 0 Å². The standard InChI is InChI=1S/C11H11ClO3/c1-7(13)3-4-8-5-11(15-2)10(14)6-9(8)12/h3-6,14H,1-2H3/b4-3+. The first-order chi connectivity index (χ1) is 7.04. The summed E-state index contributed by atoms with van der Waals surface area (Å²) in [5, 5.41) is 9.76. The topological polar surface area (TPSA) is 46.5 Å². The Hall–Kier alpha value is -1.48. The quantitative estimate of drug-likeness (QED) is 0.806. The molecule has 0 aliphatic heterocycles. The van der Waals surface area contributed by atoms with Crippen LogP contribution in [0, 0.1) is 0 Å². The highest BCUT2D eigenvalue weighted by Gasteiger charge is 2.06. The van der Waals surface area contributed by atoms with Gasteiger partial charge in [0.2, 0.25) is 0 Å². The lowest BCUT2D eigenvalue weighted by molar-refractivity contribution is -0.112. The molecule has 0 aromatic heterocycles. The van der Waals surface area contributed by atoms with E-state index in [1.54, 1.807) is 12.1 Å². The zero-order valence-corrected chi connectivity index (χ0v) is 9.21. The molecule has 15 heavy (non-hydrogen) atoms. The summed E-state index contributed by atoms with van der Waals surface area (Å²) in [6.07, 6.45) is 2.98. The number of carbonyl (C=O) groups is 1. The molecule has 80 valence electrons. The molecule has 0 spiro atoms. The molecule has 0 amide bonds. The van der Waals surface area contributed by atoms with Crippen LogP contribution >= 0.6 is 11.6 Å². The number of aromatic hydroxyl groups is 1. The summed E-state index contributed by atoms with van der Waals surface area (Å²) >= 11 is 5.86. The molecule has 0 atom stereocenters. The van der Waals surface area contributed by atoms with E-state index < -0.39 is 0 Å². The van der Waals surface area contributed by atoms with Crippen molar-refractivity contribution in [2.45, 2.75) is 6.92 Å². The molecule has 0 aliphatic carbocycles. The van der Waals surface area contributed by atoms with Gasteiger partial charge in [-0.1, -0.05) is 11.6 Å². The normalized spacial score (nSPS) is 10.6. The molecule has 0 radical (unpaired) electrons. The second kappa shape index (κ2) is 4.84. The van der Waals surface area contributed by atoms with Gasteiger partial charge in [0.1, 0.15) is 0 Å². The second-order valence-electron chi connectivity index (χ2n) is 2.99. The Morgan fingerprint density at radius 3 is 2.73 bits per heavy atom. The van der Waals surface area contributed by atoms with Crippen molar-refractivity contribution < 1.29 is 14.6 Å². The number of halogens is 1. The van der Waals surface area contributed by atoms with Crippen LogP contribution in [0.1, 0.15) is 12.5 Å². The molecule has 4 heteroatoms. The lowest BCUT2D eigenvalue weighted by atomic mass is 10.1. The third-order valence-electron chi connectivity index (χ3n) is 1.80. The van der Waals surface area contributed by atoms with Gasteiger partial charge in [-0.05, 0) is 30.7 Å². The summed E-state index contributed by atoms with van der Waals surface area (Å²) in [5.41, 5.74) is 0.626. The van der Waals surface area contributed by atoms with Crippen LogP contribution in [0.15, 0.2) is 18.2 Å². The molecule has 1 aromatic carbocycles. The molecule has 1 aromatic rings. The maximum atomic E-state index is 10.7. The number of hydrogen-bond donors (Lipinski definition) is 1. The number of carbonyl (C=O) groups excluding carboxylic acids is 1. The van der Waals surface area contributed by atoms with Gasteiger partial charge in [-0.15, -0.1) is 0 Å². The number of benzene rings is 1. The van der Waals surface area contributed by atoms with Crippen LogP contribution in [0.25, 0.3) is 6.08 Å². The van der Waals surface area contributed by atoms with E-state index in [1.165, 1.54) is 26.2 Å². The first kappa shape index (κ1) is 11.6. The van der Waals surface area contributed by atoms with E-state index in [9.17, 15) is 9.90 Å². The number of rotatable bonds is 3. The number of allylic oxidation sites excluding steroid dienone is 1. The van der Waals surface area contributed by atoms with E-state index in [0.29, 0.717) is 16.3 Å². The summed E-state index contributed by atoms with van der Waals surface area (Å²) in [5.74, 6) is 0.225. The van der Waals surface area contributed by atoms with Gasteiger partial charge in [0, 0.05) is 6.07 Å². The Labute approximate surface area is 92.9 Å². The van der Waals surface area contributed by atoms with Crippen molar-refractivity contribution in [3.8, 4) is 11.5 Å². The summed E-state index contributed by atoms with van der Waals surface area (Å²) < 4.78 is 4.92. The Morgan fingerprint density at radius 1 is 1.53 bits per heavy atom. The molecule has 1 N–H and O–H groups in total. The van der Waals surface area contributed by atoms with Crippen molar-refractivity contribution in [3.63, 3.8) is 0 Å². The molecule has 0 aliphatic rings. The van der Waals surface area contributed by atoms with Gasteiger partial charge in [0.25, 0.3) is 0 Å². The maximum Gasteiger partial charge on any atom is 0.161 e. The fraction of sp³-hybridized carbons (Fsp3) is 0.182. The highest BCUT2D eigenvalue weighted by atomic mass is 35.5. The third-order valence-corrected chi connectivity index (χ3v) is 2.12. The van der Waals surface area contributed by atoms with Crippen LogP contribution in [0.3, 0.4) is 0 Å². The molecule has 0 saturated heterocycles. The second-order valence-corrected chi connectivity index (χ2v) is 3.40. The highest BCUT2D eigenvalue weighted by Crippen LogP contribution is 2.32. The van der Waals surface area contributed by atoms with E-state index >= 15 is 0 Å². The minimum atomic E-state index is -0.0712. The van der Waals surface area contributed by atoms with E-state index in [2.05, 4.69) is 0 Å². The lowest BCUT2D eigenvalue weighted by Crippen LogP contribution is -1.86. The summed E-state index contributed by atoms with van der Waals surface area (Å²) in [6.45, 7) is 1.45. The SMILES string of the molecule is COc1cc(/C=C/C(C)=O)c(Cl)cc1O. The maximum absolute atomic E-state index is 10.7. The van der Waals surface area contributed by atoms with Crippen LogP contribution in [-0.4, -0.2) is 18.0 Å². The van der Waals surface area contributed by atoms with Gasteiger partial charge >= 0.3 is 0 Å². The Kier molecular flexibility index (Phi) is 3.74. The minimum Gasteiger partial charge on any atom is -0.504 e. The van der Waals surface area contributed by atoms with E-state index in [-0.39, 0.29) is 11.5 Å². The predicted octanol–water partition coefficient (Wildman–Crippen LogP) is 2.66. The molecule has 0 fully saturated rings. The summed E-state index contributed by atoms with van der Waals surface area (Å²) in [7, 11) is 1.45. The van der Waals surface area contributed by atoms with Crippen LogP contribution in [0.5, 0.6) is 11.5 Å². The zero-order valence-electron chi connectivity index (χ0n) is 8.45. The summed E-state index contributed by atoms with van der Waals surface area (Å²) in [6, 6.07) is 2.94. The van der Waals surface area contributed by atoms with Gasteiger partial charge < -0.3 is 9.84 Å². The van der Waals surface area contributed by atoms with Gasteiger partial charge in [-0.25, -0.2) is 0 Å². The number of phenols is 1. The van der Waals surface area contributed by atoms with Gasteiger partial charge in [0.05, 0.1) is 12.1 Å². The molecule has 0 saturated carbocycles. The molecule has 0 heterocycles. The average Bonchev–Trinajstić information content (AvgIpc) is 2.16. The minimum absolute atomic E-state index is 0.0255. The van der Waals surface area contributed by atoms with Crippen molar-refractivity contribution in [1.29, 1.82) is 0 Å². The number of ether oxygens (including phenoxy) is 1. The van der Waals surface area contributed by atoms with Crippen molar-refractivity contribution >= 4 is 23.5 Å². The number of hydrogen-bond acceptors (Lipinski definition) is 3. The lowest BCUT2D eigenvalue weighted by Gasteiger charge is -2.05. The largest absolute Gasteiger partial charge is 0.504 e. The molecular weight excluding hydrogens is 216 g/mol. The monoisotopic (exact) mass is 226 g/mol. The first-order valence-electron chi connectivity index (χ1n) is 4.29. The van der Waals surface area contributed by atoms with Crippen molar-refractivity contribution in [3.05, 3.63) is 28.8 Å². The Balaban J connectivity index is 3.13. The summed E-state index contributed by atoms with van der Waals surface area (Å²) in [4.78, 5) is 10.7. The molecular formula is C11H11ClO3. The van der Waals surface area contributed by atoms with Gasteiger partial charge in [0.15, 0.2) is 17.3 Å². The zero-order chi connectivity index (χ0) is 11.4. The third kappa shape index (κ3) is 2.99. The fourth-order valence-electron chi connectivity index (χ4n) is 1.06. The molecule has 3 nitrogen and oxygen atoms in total. The number of phenolic OH excluding ortho intramolecular Hbond substituents is 1. The highest BCUT2D eigenvalue weighted by molar-refractivity contribution is 6.32. The molecule has 1 rings (SSSR count). The number of methoxy groups -OCH3 is 1. The first-order valence-corrected chi connectivity index (χ1v) is 4.67. The van der Waals surface area contributed by atoms with Crippen molar-refractivity contribution in [2.75, 3.05) is 7.11 Å². The molecule has 0 unspecified atom stereocenters. The van der Waals surface area contributed by atoms with E-state index in [0.717, 1.165) is 0 Å². The fourth-order valence-corrected chi connectivity index (χ4v) is 1.28. The van der Waals surface area contributed by atoms with Crippen LogP contribution in [-0.2, 0) is 4.79 Å². The molecule has 0 bridgehead atoms. The van der Waals surface area contributed by atoms with Gasteiger partial charge in [-0.2, -0.15) is 0 Å².